The molecule has 1 aliphatic heterocycles. The number of hydrogen-bond donors (Lipinski definition) is 2. The molecule has 1 atom stereocenters. The zero-order valence-corrected chi connectivity index (χ0v) is 16.6. The van der Waals surface area contributed by atoms with Crippen LogP contribution in [0.4, 0.5) is 13.2 Å². The Balaban J connectivity index is 1.83. The monoisotopic (exact) mass is 442 g/mol. The van der Waals surface area contributed by atoms with Crippen LogP contribution < -0.4 is 0 Å². The lowest BCUT2D eigenvalue weighted by molar-refractivity contribution is 0.0683. The second-order valence-electron chi connectivity index (χ2n) is 6.54. The van der Waals surface area contributed by atoms with Crippen molar-refractivity contribution >= 4 is 40.8 Å². The molecule has 2 aromatic rings. The molecule has 1 heterocycles. The largest absolute Gasteiger partial charge is 0.327 e. The van der Waals surface area contributed by atoms with Gasteiger partial charge in [-0.2, -0.15) is 0 Å². The fourth-order valence-corrected chi connectivity index (χ4v) is 3.45. The van der Waals surface area contributed by atoms with E-state index in [1.54, 1.807) is 6.92 Å². The quantitative estimate of drug-likeness (QED) is 0.406. The van der Waals surface area contributed by atoms with Crippen molar-refractivity contribution in [1.82, 2.24) is 9.80 Å². The van der Waals surface area contributed by atoms with Crippen LogP contribution in [0.15, 0.2) is 30.3 Å². The zero-order valence-electron chi connectivity index (χ0n) is 15.1. The Morgan fingerprint density at radius 2 is 1.72 bits per heavy atom. The molecule has 2 aromatic carbocycles. The highest BCUT2D eigenvalue weighted by molar-refractivity contribution is 6.44. The van der Waals surface area contributed by atoms with Gasteiger partial charge < -0.3 is 9.80 Å². The Morgan fingerprint density at radius 3 is 2.38 bits per heavy atom. The summed E-state index contributed by atoms with van der Waals surface area (Å²) in [7, 11) is 0. The molecule has 1 amide bonds. The van der Waals surface area contributed by atoms with Crippen LogP contribution in [0.25, 0.3) is 0 Å². The Kier molecular flexibility index (Phi) is 5.86. The van der Waals surface area contributed by atoms with E-state index < -0.39 is 29.4 Å². The Hall–Kier alpha value is -2.58. The summed E-state index contributed by atoms with van der Waals surface area (Å²) in [5.74, 6) is -3.43. The smallest absolute Gasteiger partial charge is 0.256 e. The number of nitrogens with one attached hydrogen (secondary N) is 2. The zero-order chi connectivity index (χ0) is 21.5. The lowest BCUT2D eigenvalue weighted by Crippen LogP contribution is -2.58. The maximum Gasteiger partial charge on any atom is 0.256 e. The van der Waals surface area contributed by atoms with Crippen LogP contribution in [-0.4, -0.2) is 46.5 Å². The second kappa shape index (κ2) is 8.04. The first-order valence-electron chi connectivity index (χ1n) is 8.45. The van der Waals surface area contributed by atoms with E-state index in [4.69, 9.17) is 34.0 Å². The third kappa shape index (κ3) is 3.95. The SMILES string of the molecule is CC1CN(C(=N)c2ccc(F)cc2F)C(=N)CN1C(=O)c1ccc(F)c(Cl)c1Cl. The summed E-state index contributed by atoms with van der Waals surface area (Å²) in [6.45, 7) is 1.54. The van der Waals surface area contributed by atoms with Gasteiger partial charge in [-0.15, -0.1) is 0 Å². The number of nitrogens with zero attached hydrogens (tertiary/aromatic N) is 2. The van der Waals surface area contributed by atoms with Gasteiger partial charge in [0.25, 0.3) is 5.91 Å². The molecule has 0 saturated carbocycles. The van der Waals surface area contributed by atoms with E-state index in [2.05, 4.69) is 0 Å². The number of carbonyl (C=O) groups excluding carboxylic acids is 1. The van der Waals surface area contributed by atoms with E-state index in [1.165, 1.54) is 15.9 Å². The van der Waals surface area contributed by atoms with Gasteiger partial charge in [-0.3, -0.25) is 15.6 Å². The van der Waals surface area contributed by atoms with Gasteiger partial charge in [0.15, 0.2) is 0 Å². The van der Waals surface area contributed by atoms with Crippen molar-refractivity contribution in [2.24, 2.45) is 0 Å². The summed E-state index contributed by atoms with van der Waals surface area (Å²) in [6.07, 6.45) is 0. The molecule has 0 aliphatic carbocycles. The minimum absolute atomic E-state index is 0.00850. The molecule has 0 aromatic heterocycles. The van der Waals surface area contributed by atoms with Gasteiger partial charge in [-0.25, -0.2) is 13.2 Å². The lowest BCUT2D eigenvalue weighted by atomic mass is 10.1. The molecule has 0 spiro atoms. The summed E-state index contributed by atoms with van der Waals surface area (Å²) >= 11 is 11.8. The van der Waals surface area contributed by atoms with Crippen LogP contribution in [-0.2, 0) is 0 Å². The normalized spacial score (nSPS) is 16.9. The molecule has 1 fully saturated rings. The van der Waals surface area contributed by atoms with Crippen molar-refractivity contribution in [1.29, 1.82) is 10.8 Å². The van der Waals surface area contributed by atoms with Gasteiger partial charge in [-0.05, 0) is 31.2 Å². The van der Waals surface area contributed by atoms with Gasteiger partial charge in [0.2, 0.25) is 0 Å². The number of carbonyl (C=O) groups is 1. The summed E-state index contributed by atoms with van der Waals surface area (Å²) in [5, 5.41) is 15.8. The summed E-state index contributed by atoms with van der Waals surface area (Å²) < 4.78 is 40.6. The molecule has 3 rings (SSSR count). The van der Waals surface area contributed by atoms with E-state index in [1.807, 2.05) is 0 Å². The highest BCUT2D eigenvalue weighted by Crippen LogP contribution is 2.30. The third-order valence-electron chi connectivity index (χ3n) is 4.61. The first-order chi connectivity index (χ1) is 13.6. The van der Waals surface area contributed by atoms with Gasteiger partial charge in [0.05, 0.1) is 27.7 Å². The Labute approximate surface area is 174 Å². The maximum atomic E-state index is 14.0. The van der Waals surface area contributed by atoms with E-state index in [0.29, 0.717) is 6.07 Å². The van der Waals surface area contributed by atoms with Gasteiger partial charge in [-0.1, -0.05) is 23.2 Å². The summed E-state index contributed by atoms with van der Waals surface area (Å²) in [5.41, 5.74) is -0.165. The molecule has 29 heavy (non-hydrogen) atoms. The number of amides is 1. The van der Waals surface area contributed by atoms with Crippen LogP contribution in [0, 0.1) is 28.3 Å². The van der Waals surface area contributed by atoms with Crippen molar-refractivity contribution < 1.29 is 18.0 Å². The average Bonchev–Trinajstić information content (AvgIpc) is 2.67. The second-order valence-corrected chi connectivity index (χ2v) is 7.29. The summed E-state index contributed by atoms with van der Waals surface area (Å²) in [4.78, 5) is 15.4. The minimum atomic E-state index is -0.915. The van der Waals surface area contributed by atoms with Crippen LogP contribution in [0.2, 0.25) is 10.0 Å². The Morgan fingerprint density at radius 1 is 1.07 bits per heavy atom. The number of amidine groups is 2. The molecule has 152 valence electrons. The fraction of sp³-hybridized carbons (Fsp3) is 0.211. The number of piperazine rings is 1. The first-order valence-corrected chi connectivity index (χ1v) is 9.20. The minimum Gasteiger partial charge on any atom is -0.327 e. The number of hydrogen-bond acceptors (Lipinski definition) is 3. The third-order valence-corrected chi connectivity index (χ3v) is 5.47. The predicted molar refractivity (Wildman–Crippen MR) is 105 cm³/mol. The average molecular weight is 443 g/mol. The standard InChI is InChI=1S/C19H15Cl2F3N4O/c1-9-7-28(18(26)11-3-2-10(22)6-14(11)24)15(25)8-27(9)19(29)12-4-5-13(23)17(21)16(12)20/h2-6,9,25-26H,7-8H2,1H3. The van der Waals surface area contributed by atoms with Crippen LogP contribution in [0.3, 0.4) is 0 Å². The highest BCUT2D eigenvalue weighted by Gasteiger charge is 2.34. The van der Waals surface area contributed by atoms with E-state index in [9.17, 15) is 18.0 Å². The van der Waals surface area contributed by atoms with Crippen molar-refractivity contribution in [3.63, 3.8) is 0 Å². The van der Waals surface area contributed by atoms with Crippen molar-refractivity contribution in [3.05, 3.63) is 69.0 Å². The van der Waals surface area contributed by atoms with Gasteiger partial charge in [0, 0.05) is 18.7 Å². The highest BCUT2D eigenvalue weighted by atomic mass is 35.5. The van der Waals surface area contributed by atoms with Crippen molar-refractivity contribution in [2.75, 3.05) is 13.1 Å². The molecule has 5 nitrogen and oxygen atoms in total. The fourth-order valence-electron chi connectivity index (χ4n) is 3.05. The van der Waals surface area contributed by atoms with Gasteiger partial charge in [0.1, 0.15) is 29.1 Å². The van der Waals surface area contributed by atoms with Gasteiger partial charge >= 0.3 is 0 Å². The maximum absolute atomic E-state index is 14.0. The van der Waals surface area contributed by atoms with Crippen molar-refractivity contribution in [2.45, 2.75) is 13.0 Å². The van der Waals surface area contributed by atoms with Crippen LogP contribution in [0.5, 0.6) is 0 Å². The molecule has 2 N–H and O–H groups in total. The predicted octanol–water partition coefficient (Wildman–Crippen LogP) is 4.56. The summed E-state index contributed by atoms with van der Waals surface area (Å²) in [6, 6.07) is 4.57. The lowest BCUT2D eigenvalue weighted by Gasteiger charge is -2.41. The topological polar surface area (TPSA) is 71.2 Å². The molecule has 0 bridgehead atoms. The van der Waals surface area contributed by atoms with Crippen molar-refractivity contribution in [3.8, 4) is 0 Å². The molecule has 0 radical (unpaired) electrons. The van der Waals surface area contributed by atoms with E-state index in [-0.39, 0.29) is 45.9 Å². The van der Waals surface area contributed by atoms with Crippen LogP contribution in [0.1, 0.15) is 22.8 Å². The molecule has 1 aliphatic rings. The van der Waals surface area contributed by atoms with E-state index >= 15 is 0 Å². The number of halogens is 5. The number of rotatable bonds is 2. The molecular formula is C19H15Cl2F3N4O. The Bertz CT molecular complexity index is 1030. The van der Waals surface area contributed by atoms with Crippen LogP contribution >= 0.6 is 23.2 Å². The number of benzene rings is 2. The molecular weight excluding hydrogens is 428 g/mol. The molecule has 1 saturated heterocycles. The molecule has 1 unspecified atom stereocenters. The van der Waals surface area contributed by atoms with E-state index in [0.717, 1.165) is 18.2 Å². The first kappa shape index (κ1) is 21.1. The molecule has 10 heteroatoms.